The fourth-order valence-electron chi connectivity index (χ4n) is 3.67. The van der Waals surface area contributed by atoms with Gasteiger partial charge in [-0.15, -0.1) is 0 Å². The minimum atomic E-state index is -1.26. The van der Waals surface area contributed by atoms with Crippen molar-refractivity contribution in [3.05, 3.63) is 36.0 Å². The molecule has 9 N–H and O–H groups in total. The molecule has 0 spiro atoms. The lowest BCUT2D eigenvalue weighted by Gasteiger charge is -2.25. The molecule has 0 radical (unpaired) electrons. The summed E-state index contributed by atoms with van der Waals surface area (Å²) in [4.78, 5) is 64.6. The molecule has 4 atom stereocenters. The molecular weight excluding hydrogens is 532 g/mol. The third-order valence-corrected chi connectivity index (χ3v) is 6.82. The summed E-state index contributed by atoms with van der Waals surface area (Å²) >= 11 is 5.45. The number of rotatable bonds is 16. The fourth-order valence-corrected chi connectivity index (χ4v) is 4.39. The van der Waals surface area contributed by atoms with E-state index in [0.29, 0.717) is 5.75 Å². The minimum absolute atomic E-state index is 0.0178. The van der Waals surface area contributed by atoms with Crippen LogP contribution in [0.4, 0.5) is 0 Å². The van der Waals surface area contributed by atoms with E-state index in [1.54, 1.807) is 6.20 Å². The highest BCUT2D eigenvalue weighted by molar-refractivity contribution is 7.98. The van der Waals surface area contributed by atoms with Crippen LogP contribution in [-0.4, -0.2) is 81.6 Å². The Balaban J connectivity index is 2.25. The van der Waals surface area contributed by atoms with Crippen LogP contribution in [0.1, 0.15) is 24.8 Å². The summed E-state index contributed by atoms with van der Waals surface area (Å²) in [6, 6.07) is 2.93. The third-order valence-electron chi connectivity index (χ3n) is 5.81. The van der Waals surface area contributed by atoms with Crippen LogP contribution in [0, 0.1) is 0 Å². The SMILES string of the molecule is CSCCC(NC(=O)C(N)CCC(N)=O)C(=O)NC(Cc1c[nH]c2ccccc12)C(=O)NC(CS)C(=O)O. The number of nitrogens with one attached hydrogen (secondary N) is 4. The van der Waals surface area contributed by atoms with E-state index in [9.17, 15) is 29.1 Å². The normalized spacial score (nSPS) is 14.2. The first-order chi connectivity index (χ1) is 18.1. The zero-order valence-electron chi connectivity index (χ0n) is 20.9. The lowest BCUT2D eigenvalue weighted by Crippen LogP contribution is -2.58. The van der Waals surface area contributed by atoms with Crippen LogP contribution in [0.3, 0.4) is 0 Å². The molecule has 38 heavy (non-hydrogen) atoms. The van der Waals surface area contributed by atoms with Crippen LogP contribution < -0.4 is 27.4 Å². The summed E-state index contributed by atoms with van der Waals surface area (Å²) in [6.45, 7) is 0. The van der Waals surface area contributed by atoms with Gasteiger partial charge in [-0.05, 0) is 36.5 Å². The lowest BCUT2D eigenvalue weighted by atomic mass is 10.0. The van der Waals surface area contributed by atoms with Crippen molar-refractivity contribution in [1.82, 2.24) is 20.9 Å². The molecule has 14 heteroatoms. The number of H-pyrrole nitrogens is 1. The van der Waals surface area contributed by atoms with E-state index in [1.165, 1.54) is 11.8 Å². The van der Waals surface area contributed by atoms with Crippen molar-refractivity contribution in [2.24, 2.45) is 11.5 Å². The smallest absolute Gasteiger partial charge is 0.327 e. The number of thiol groups is 1. The van der Waals surface area contributed by atoms with Crippen LogP contribution in [0.5, 0.6) is 0 Å². The van der Waals surface area contributed by atoms with Crippen molar-refractivity contribution in [3.63, 3.8) is 0 Å². The first kappa shape index (κ1) is 31.0. The van der Waals surface area contributed by atoms with Gasteiger partial charge in [-0.3, -0.25) is 19.2 Å². The third kappa shape index (κ3) is 9.26. The average Bonchev–Trinajstić information content (AvgIpc) is 3.29. The number of carbonyl (C=O) groups excluding carboxylic acids is 4. The number of primary amides is 1. The van der Waals surface area contributed by atoms with Crippen LogP contribution in [0.15, 0.2) is 30.5 Å². The molecule has 2 rings (SSSR count). The van der Waals surface area contributed by atoms with E-state index >= 15 is 0 Å². The first-order valence-corrected chi connectivity index (χ1v) is 13.9. The van der Waals surface area contributed by atoms with Gasteiger partial charge in [-0.1, -0.05) is 18.2 Å². The van der Waals surface area contributed by atoms with Gasteiger partial charge in [-0.25, -0.2) is 4.79 Å². The number of nitrogens with two attached hydrogens (primary N) is 2. The van der Waals surface area contributed by atoms with E-state index in [-0.39, 0.29) is 31.4 Å². The number of fused-ring (bicyclic) bond motifs is 1. The molecule has 12 nitrogen and oxygen atoms in total. The fraction of sp³-hybridized carbons (Fsp3) is 0.458. The quantitative estimate of drug-likeness (QED) is 0.124. The summed E-state index contributed by atoms with van der Waals surface area (Å²) < 4.78 is 0. The average molecular weight is 567 g/mol. The van der Waals surface area contributed by atoms with Gasteiger partial charge >= 0.3 is 5.97 Å². The molecule has 208 valence electrons. The predicted octanol–water partition coefficient (Wildman–Crippen LogP) is -0.475. The number of para-hydroxylation sites is 1. The molecule has 1 aromatic heterocycles. The number of aliphatic carboxylic acids is 1. The molecule has 0 aliphatic heterocycles. The van der Waals surface area contributed by atoms with Gasteiger partial charge in [0.15, 0.2) is 0 Å². The summed E-state index contributed by atoms with van der Waals surface area (Å²) in [7, 11) is 0. The highest BCUT2D eigenvalue weighted by atomic mass is 32.2. The Hall–Kier alpha value is -3.23. The van der Waals surface area contributed by atoms with Crippen molar-refractivity contribution in [2.75, 3.05) is 17.8 Å². The Labute approximate surface area is 229 Å². The maximum absolute atomic E-state index is 13.3. The largest absolute Gasteiger partial charge is 0.480 e. The molecular formula is C24H34N6O6S2. The van der Waals surface area contributed by atoms with Gasteiger partial charge in [0.1, 0.15) is 18.1 Å². The highest BCUT2D eigenvalue weighted by Gasteiger charge is 2.30. The maximum atomic E-state index is 13.3. The number of amides is 4. The van der Waals surface area contributed by atoms with E-state index in [4.69, 9.17) is 11.5 Å². The van der Waals surface area contributed by atoms with Gasteiger partial charge in [0.05, 0.1) is 6.04 Å². The number of hydrogen-bond donors (Lipinski definition) is 8. The van der Waals surface area contributed by atoms with Gasteiger partial charge in [-0.2, -0.15) is 24.4 Å². The molecule has 2 aromatic rings. The van der Waals surface area contributed by atoms with Crippen molar-refractivity contribution in [3.8, 4) is 0 Å². The number of carboxylic acid groups (broad SMARTS) is 1. The van der Waals surface area contributed by atoms with Crippen LogP contribution in [0.25, 0.3) is 10.9 Å². The second-order valence-electron chi connectivity index (χ2n) is 8.66. The zero-order chi connectivity index (χ0) is 28.2. The number of thioether (sulfide) groups is 1. The molecule has 0 aliphatic rings. The van der Waals surface area contributed by atoms with E-state index in [0.717, 1.165) is 16.5 Å². The number of benzene rings is 1. The van der Waals surface area contributed by atoms with E-state index in [2.05, 4.69) is 33.6 Å². The Kier molecular flexibility index (Phi) is 12.4. The van der Waals surface area contributed by atoms with Gasteiger partial charge < -0.3 is 37.5 Å². The predicted molar refractivity (Wildman–Crippen MR) is 149 cm³/mol. The number of hydrogen-bond acceptors (Lipinski definition) is 8. The topological polar surface area (TPSA) is 209 Å². The molecule has 0 fully saturated rings. The second-order valence-corrected chi connectivity index (χ2v) is 10.0. The minimum Gasteiger partial charge on any atom is -0.480 e. The lowest BCUT2D eigenvalue weighted by molar-refractivity contribution is -0.141. The van der Waals surface area contributed by atoms with Crippen molar-refractivity contribution >= 4 is 64.9 Å². The molecule has 1 heterocycles. The molecule has 4 unspecified atom stereocenters. The highest BCUT2D eigenvalue weighted by Crippen LogP contribution is 2.19. The number of carbonyl (C=O) groups is 5. The van der Waals surface area contributed by atoms with Crippen molar-refractivity contribution < 1.29 is 29.1 Å². The van der Waals surface area contributed by atoms with Gasteiger partial charge in [0.25, 0.3) is 0 Å². The van der Waals surface area contributed by atoms with Crippen molar-refractivity contribution in [1.29, 1.82) is 0 Å². The van der Waals surface area contributed by atoms with Crippen LogP contribution in [-0.2, 0) is 30.4 Å². The van der Waals surface area contributed by atoms with E-state index < -0.39 is 53.8 Å². The summed E-state index contributed by atoms with van der Waals surface area (Å²) in [5, 5.41) is 17.9. The molecule has 1 aromatic carbocycles. The second kappa shape index (κ2) is 15.2. The van der Waals surface area contributed by atoms with Crippen LogP contribution in [0.2, 0.25) is 0 Å². The Morgan fingerprint density at radius 3 is 2.26 bits per heavy atom. The van der Waals surface area contributed by atoms with Crippen molar-refractivity contribution in [2.45, 2.75) is 49.9 Å². The molecule has 0 saturated carbocycles. The summed E-state index contributed by atoms with van der Waals surface area (Å²) in [6.07, 6.45) is 3.79. The molecule has 0 aliphatic carbocycles. The number of aromatic amines is 1. The van der Waals surface area contributed by atoms with Gasteiger partial charge in [0, 0.05) is 35.7 Å². The zero-order valence-corrected chi connectivity index (χ0v) is 22.6. The van der Waals surface area contributed by atoms with E-state index in [1.807, 2.05) is 30.5 Å². The first-order valence-electron chi connectivity index (χ1n) is 11.9. The van der Waals surface area contributed by atoms with Crippen LogP contribution >= 0.6 is 24.4 Å². The Bertz CT molecular complexity index is 1140. The maximum Gasteiger partial charge on any atom is 0.327 e. The standard InChI is InChI=1S/C24H34N6O6S2/c1-38-9-8-17(28-21(32)15(25)6-7-20(26)31)22(33)29-18(23(34)30-19(12-37)24(35)36)10-13-11-27-16-5-3-2-4-14(13)16/h2-5,11,15,17-19,27,37H,6-10,12,25H2,1H3,(H2,26,31)(H,28,32)(H,29,33)(H,30,34)(H,35,36). The Morgan fingerprint density at radius 2 is 1.63 bits per heavy atom. The summed E-state index contributed by atoms with van der Waals surface area (Å²) in [5.41, 5.74) is 12.5. The van der Waals surface area contributed by atoms with Gasteiger partial charge in [0.2, 0.25) is 23.6 Å². The molecule has 0 bridgehead atoms. The monoisotopic (exact) mass is 566 g/mol. The number of carboxylic acids is 1. The Morgan fingerprint density at radius 1 is 1.00 bits per heavy atom. The molecule has 0 saturated heterocycles. The summed E-state index contributed by atoms with van der Waals surface area (Å²) in [5.74, 6) is -3.46. The number of aromatic nitrogens is 1. The molecule has 4 amide bonds.